The van der Waals surface area contributed by atoms with E-state index in [1.54, 1.807) is 12.1 Å². The number of hydrogen-bond acceptors (Lipinski definition) is 3. The third kappa shape index (κ3) is 6.54. The minimum Gasteiger partial charge on any atom is -0.348 e. The van der Waals surface area contributed by atoms with Crippen molar-refractivity contribution in [1.29, 1.82) is 0 Å². The Morgan fingerprint density at radius 3 is 1.72 bits per heavy atom. The molecule has 4 nitrogen and oxygen atoms in total. The molecule has 1 amide bonds. The number of fused-ring (bicyclic) bond motifs is 1. The normalized spacial score (nSPS) is 18.6. The molecule has 1 saturated heterocycles. The van der Waals surface area contributed by atoms with Crippen molar-refractivity contribution in [3.8, 4) is 0 Å². The van der Waals surface area contributed by atoms with E-state index >= 15 is 0 Å². The molecule has 0 spiro atoms. The van der Waals surface area contributed by atoms with Gasteiger partial charge in [-0.2, -0.15) is 0 Å². The average molecular weight is 628 g/mol. The first kappa shape index (κ1) is 30.5. The summed E-state index contributed by atoms with van der Waals surface area (Å²) in [6, 6.07) is 19.5. The summed E-state index contributed by atoms with van der Waals surface area (Å²) in [5, 5.41) is 5.70. The van der Waals surface area contributed by atoms with Crippen LogP contribution < -0.4 is 5.32 Å². The fraction of sp³-hybridized carbons (Fsp3) is 0.367. The molecule has 3 aromatic rings. The zero-order valence-corrected chi connectivity index (χ0v) is 25.7. The fourth-order valence-electron chi connectivity index (χ4n) is 5.93. The molecule has 9 heteroatoms. The number of nitrogens with one attached hydrogen (secondary N) is 1. The third-order valence-electron chi connectivity index (χ3n) is 8.07. The standard InChI is InChI=1S/C30H31Cl4N3O.ClH/c1-19(23-11-25(31)15-26(32)12-23)35-29(38)30(17-21-5-3-4-6-22(21)18-30)37-9-7-36(8-10-37)20(2)24-13-27(33)16-28(34)14-24;/h3-6,11-16,19-20H,7-10,17-18H2,1-2H3,(H,35,38);1H/t19-,20-;/m0./s1. The van der Waals surface area contributed by atoms with Crippen molar-refractivity contribution < 1.29 is 4.79 Å². The monoisotopic (exact) mass is 625 g/mol. The molecule has 1 N–H and O–H groups in total. The van der Waals surface area contributed by atoms with Crippen LogP contribution in [0, 0.1) is 0 Å². The summed E-state index contributed by atoms with van der Waals surface area (Å²) in [5.41, 5.74) is 3.83. The lowest BCUT2D eigenvalue weighted by Crippen LogP contribution is -2.64. The van der Waals surface area contributed by atoms with Crippen LogP contribution in [0.3, 0.4) is 0 Å². The summed E-state index contributed by atoms with van der Waals surface area (Å²) in [5.74, 6) is 0.0421. The van der Waals surface area contributed by atoms with Crippen LogP contribution in [0.5, 0.6) is 0 Å². The molecule has 3 aromatic carbocycles. The molecule has 1 aliphatic heterocycles. The Labute approximate surface area is 257 Å². The molecule has 0 bridgehead atoms. The van der Waals surface area contributed by atoms with Gasteiger partial charge in [0, 0.05) is 65.2 Å². The second-order valence-corrected chi connectivity index (χ2v) is 12.2. The Balaban J connectivity index is 0.00000353. The van der Waals surface area contributed by atoms with E-state index < -0.39 is 5.54 Å². The predicted octanol–water partition coefficient (Wildman–Crippen LogP) is 7.82. The van der Waals surface area contributed by atoms with E-state index in [-0.39, 0.29) is 30.4 Å². The Bertz CT molecular complexity index is 1280. The Kier molecular flexibility index (Phi) is 9.81. The van der Waals surface area contributed by atoms with Crippen LogP contribution in [-0.2, 0) is 17.6 Å². The van der Waals surface area contributed by atoms with Crippen LogP contribution in [0.2, 0.25) is 20.1 Å². The average Bonchev–Trinajstić information content (AvgIpc) is 3.28. The maximum absolute atomic E-state index is 14.1. The molecule has 5 rings (SSSR count). The highest BCUT2D eigenvalue weighted by Gasteiger charge is 2.49. The van der Waals surface area contributed by atoms with E-state index in [9.17, 15) is 4.79 Å². The molecule has 0 saturated carbocycles. The Morgan fingerprint density at radius 2 is 1.23 bits per heavy atom. The first-order chi connectivity index (χ1) is 18.1. The van der Waals surface area contributed by atoms with Gasteiger partial charge in [0.2, 0.25) is 5.91 Å². The maximum atomic E-state index is 14.1. The van der Waals surface area contributed by atoms with Gasteiger partial charge in [-0.3, -0.25) is 14.6 Å². The number of hydrogen-bond donors (Lipinski definition) is 1. The van der Waals surface area contributed by atoms with Gasteiger partial charge in [0.25, 0.3) is 0 Å². The van der Waals surface area contributed by atoms with Gasteiger partial charge in [0.05, 0.1) is 6.04 Å². The summed E-state index contributed by atoms with van der Waals surface area (Å²) in [4.78, 5) is 19.0. The maximum Gasteiger partial charge on any atom is 0.241 e. The lowest BCUT2D eigenvalue weighted by molar-refractivity contribution is -0.135. The number of benzene rings is 3. The zero-order valence-electron chi connectivity index (χ0n) is 21.9. The molecule has 0 unspecified atom stereocenters. The molecular weight excluding hydrogens is 596 g/mol. The van der Waals surface area contributed by atoms with Gasteiger partial charge in [-0.1, -0.05) is 70.7 Å². The number of carbonyl (C=O) groups excluding carboxylic acids is 1. The highest BCUT2D eigenvalue weighted by atomic mass is 35.5. The van der Waals surface area contributed by atoms with Crippen LogP contribution in [0.15, 0.2) is 60.7 Å². The third-order valence-corrected chi connectivity index (χ3v) is 8.95. The predicted molar refractivity (Wildman–Crippen MR) is 165 cm³/mol. The zero-order chi connectivity index (χ0) is 27.0. The van der Waals surface area contributed by atoms with Crippen molar-refractivity contribution in [2.75, 3.05) is 26.2 Å². The number of rotatable bonds is 6. The quantitative estimate of drug-likeness (QED) is 0.303. The first-order valence-corrected chi connectivity index (χ1v) is 14.4. The van der Waals surface area contributed by atoms with Gasteiger partial charge in [-0.25, -0.2) is 0 Å². The van der Waals surface area contributed by atoms with Gasteiger partial charge in [0.1, 0.15) is 5.54 Å². The van der Waals surface area contributed by atoms with Gasteiger partial charge in [-0.15, -0.1) is 12.4 Å². The summed E-state index contributed by atoms with van der Waals surface area (Å²) in [6.07, 6.45) is 1.38. The lowest BCUT2D eigenvalue weighted by atomic mass is 9.90. The van der Waals surface area contributed by atoms with Gasteiger partial charge in [-0.05, 0) is 72.5 Å². The number of nitrogens with zero attached hydrogens (tertiary/aromatic N) is 2. The van der Waals surface area contributed by atoms with Crippen LogP contribution in [0.25, 0.3) is 0 Å². The van der Waals surface area contributed by atoms with E-state index in [2.05, 4.69) is 46.3 Å². The van der Waals surface area contributed by atoms with Crippen molar-refractivity contribution in [1.82, 2.24) is 15.1 Å². The number of amides is 1. The Hall–Kier alpha value is -1.50. The molecule has 1 fully saturated rings. The molecular formula is C30H32Cl5N3O. The van der Waals surface area contributed by atoms with Crippen LogP contribution >= 0.6 is 58.8 Å². The number of halogens is 5. The number of piperazine rings is 1. The Morgan fingerprint density at radius 1 is 0.769 bits per heavy atom. The molecule has 39 heavy (non-hydrogen) atoms. The van der Waals surface area contributed by atoms with E-state index in [0.29, 0.717) is 32.9 Å². The SMILES string of the molecule is C[C@H](NC(=O)C1(N2CCN([C@@H](C)c3cc(Cl)cc(Cl)c3)CC2)Cc2ccccc2C1)c1cc(Cl)cc(Cl)c1.Cl. The second-order valence-electron chi connectivity index (χ2n) is 10.5. The lowest BCUT2D eigenvalue weighted by Gasteiger charge is -2.46. The molecule has 0 aromatic heterocycles. The van der Waals surface area contributed by atoms with Crippen LogP contribution in [-0.4, -0.2) is 47.4 Å². The van der Waals surface area contributed by atoms with Gasteiger partial charge >= 0.3 is 0 Å². The molecule has 0 radical (unpaired) electrons. The van der Waals surface area contributed by atoms with E-state index in [0.717, 1.165) is 37.3 Å². The first-order valence-electron chi connectivity index (χ1n) is 12.9. The molecule has 2 atom stereocenters. The van der Waals surface area contributed by atoms with Crippen molar-refractivity contribution >= 4 is 64.7 Å². The van der Waals surface area contributed by atoms with E-state index in [1.807, 2.05) is 31.2 Å². The smallest absolute Gasteiger partial charge is 0.241 e. The molecule has 1 heterocycles. The van der Waals surface area contributed by atoms with Crippen molar-refractivity contribution in [2.24, 2.45) is 0 Å². The number of carbonyl (C=O) groups is 1. The van der Waals surface area contributed by atoms with Crippen LogP contribution in [0.1, 0.15) is 48.2 Å². The minimum atomic E-state index is -0.644. The summed E-state index contributed by atoms with van der Waals surface area (Å²) < 4.78 is 0. The second kappa shape index (κ2) is 12.6. The van der Waals surface area contributed by atoms with Gasteiger partial charge < -0.3 is 5.32 Å². The fourth-order valence-corrected chi connectivity index (χ4v) is 7.01. The summed E-state index contributed by atoms with van der Waals surface area (Å²) in [7, 11) is 0. The van der Waals surface area contributed by atoms with Crippen molar-refractivity contribution in [2.45, 2.75) is 44.3 Å². The van der Waals surface area contributed by atoms with Crippen molar-refractivity contribution in [3.05, 3.63) is 103 Å². The molecule has 2 aliphatic rings. The highest BCUT2D eigenvalue weighted by molar-refractivity contribution is 6.35. The van der Waals surface area contributed by atoms with E-state index in [4.69, 9.17) is 46.4 Å². The largest absolute Gasteiger partial charge is 0.348 e. The van der Waals surface area contributed by atoms with Crippen LogP contribution in [0.4, 0.5) is 0 Å². The molecule has 208 valence electrons. The summed E-state index contributed by atoms with van der Waals surface area (Å²) >= 11 is 25.0. The van der Waals surface area contributed by atoms with Gasteiger partial charge in [0.15, 0.2) is 0 Å². The van der Waals surface area contributed by atoms with E-state index in [1.165, 1.54) is 11.1 Å². The molecule has 1 aliphatic carbocycles. The summed E-state index contributed by atoms with van der Waals surface area (Å²) in [6.45, 7) is 7.43. The van der Waals surface area contributed by atoms with Crippen molar-refractivity contribution in [3.63, 3.8) is 0 Å². The topological polar surface area (TPSA) is 35.6 Å². The minimum absolute atomic E-state index is 0. The highest BCUT2D eigenvalue weighted by Crippen LogP contribution is 2.37.